The molecule has 26 heavy (non-hydrogen) atoms. The van der Waals surface area contributed by atoms with Gasteiger partial charge in [-0.1, -0.05) is 18.2 Å². The lowest BCUT2D eigenvalue weighted by molar-refractivity contribution is -0.117. The van der Waals surface area contributed by atoms with Crippen LogP contribution in [0.15, 0.2) is 40.9 Å². The zero-order valence-corrected chi connectivity index (χ0v) is 15.5. The number of aromatic nitrogens is 2. The third-order valence-electron chi connectivity index (χ3n) is 4.47. The van der Waals surface area contributed by atoms with Crippen molar-refractivity contribution in [3.05, 3.63) is 35.9 Å². The van der Waals surface area contributed by atoms with Crippen molar-refractivity contribution in [2.24, 2.45) is 12.0 Å². The van der Waals surface area contributed by atoms with E-state index in [9.17, 15) is 4.79 Å². The fourth-order valence-corrected chi connectivity index (χ4v) is 3.30. The smallest absolute Gasteiger partial charge is 0.243 e. The van der Waals surface area contributed by atoms with E-state index in [0.717, 1.165) is 37.2 Å². The molecule has 0 aromatic carbocycles. The highest BCUT2D eigenvalue weighted by Gasteiger charge is 2.24. The number of nitrogens with one attached hydrogen (secondary N) is 4. The minimum absolute atomic E-state index is 0.110. The number of hydrogen-bond donors (Lipinski definition) is 4. The summed E-state index contributed by atoms with van der Waals surface area (Å²) in [6, 6.07) is 0.512. The molecule has 2 aliphatic rings. The molecule has 4 N–H and O–H groups in total. The molecule has 0 spiro atoms. The summed E-state index contributed by atoms with van der Waals surface area (Å²) in [5.41, 5.74) is 0.873. The summed E-state index contributed by atoms with van der Waals surface area (Å²) in [5.74, 6) is 0.656. The highest BCUT2D eigenvalue weighted by atomic mass is 35.5. The SMILES string of the molecule is C=CC(=O)NC1CCC(NC2=C(Cl)C=NC(Nc3cnn(C)c3)N2)CC1. The van der Waals surface area contributed by atoms with Crippen molar-refractivity contribution < 1.29 is 4.79 Å². The number of halogens is 1. The molecule has 1 atom stereocenters. The maximum absolute atomic E-state index is 11.4. The summed E-state index contributed by atoms with van der Waals surface area (Å²) < 4.78 is 1.72. The van der Waals surface area contributed by atoms with Crippen LogP contribution in [0, 0.1) is 0 Å². The number of aryl methyl sites for hydroxylation is 1. The van der Waals surface area contributed by atoms with Crippen molar-refractivity contribution in [2.75, 3.05) is 5.32 Å². The van der Waals surface area contributed by atoms with E-state index in [1.165, 1.54) is 6.08 Å². The molecular weight excluding hydrogens is 354 g/mol. The number of anilines is 1. The molecular formula is C17H24ClN7O. The zero-order chi connectivity index (χ0) is 18.5. The third-order valence-corrected chi connectivity index (χ3v) is 4.76. The van der Waals surface area contributed by atoms with Gasteiger partial charge in [-0.25, -0.2) is 4.99 Å². The first kappa shape index (κ1) is 18.3. The molecule has 140 valence electrons. The Labute approximate surface area is 157 Å². The lowest BCUT2D eigenvalue weighted by Gasteiger charge is -2.32. The van der Waals surface area contributed by atoms with Crippen LogP contribution in [-0.2, 0) is 11.8 Å². The second kappa shape index (κ2) is 8.27. The zero-order valence-electron chi connectivity index (χ0n) is 14.7. The predicted octanol–water partition coefficient (Wildman–Crippen LogP) is 1.40. The first-order chi connectivity index (χ1) is 12.5. The van der Waals surface area contributed by atoms with Gasteiger partial charge in [0.1, 0.15) is 5.82 Å². The van der Waals surface area contributed by atoms with Crippen molar-refractivity contribution in [1.82, 2.24) is 25.7 Å². The number of rotatable bonds is 6. The fourth-order valence-electron chi connectivity index (χ4n) is 3.13. The number of aliphatic imine (C=N–C) groups is 1. The highest BCUT2D eigenvalue weighted by Crippen LogP contribution is 2.21. The Bertz CT molecular complexity index is 718. The maximum atomic E-state index is 11.4. The average molecular weight is 378 g/mol. The highest BCUT2D eigenvalue weighted by molar-refractivity contribution is 6.39. The molecule has 1 amide bonds. The summed E-state index contributed by atoms with van der Waals surface area (Å²) >= 11 is 6.28. The van der Waals surface area contributed by atoms with Crippen LogP contribution in [0.25, 0.3) is 0 Å². The molecule has 0 bridgehead atoms. The van der Waals surface area contributed by atoms with Crippen LogP contribution in [0.4, 0.5) is 5.69 Å². The molecule has 0 saturated heterocycles. The van der Waals surface area contributed by atoms with Crippen LogP contribution >= 0.6 is 11.6 Å². The third kappa shape index (κ3) is 4.78. The second-order valence-corrected chi connectivity index (χ2v) is 6.91. The molecule has 0 radical (unpaired) electrons. The van der Waals surface area contributed by atoms with E-state index in [1.807, 2.05) is 13.2 Å². The molecule has 3 rings (SSSR count). The van der Waals surface area contributed by atoms with Crippen LogP contribution in [0.2, 0.25) is 0 Å². The van der Waals surface area contributed by atoms with E-state index in [4.69, 9.17) is 11.6 Å². The Kier molecular flexibility index (Phi) is 5.82. The van der Waals surface area contributed by atoms with E-state index >= 15 is 0 Å². The average Bonchev–Trinajstić information content (AvgIpc) is 3.04. The van der Waals surface area contributed by atoms with E-state index < -0.39 is 0 Å². The van der Waals surface area contributed by atoms with Gasteiger partial charge in [-0.05, 0) is 31.8 Å². The van der Waals surface area contributed by atoms with Gasteiger partial charge < -0.3 is 21.3 Å². The van der Waals surface area contributed by atoms with Gasteiger partial charge in [0.2, 0.25) is 5.91 Å². The van der Waals surface area contributed by atoms with Crippen molar-refractivity contribution in [1.29, 1.82) is 0 Å². The Balaban J connectivity index is 1.50. The van der Waals surface area contributed by atoms with E-state index in [0.29, 0.717) is 11.1 Å². The first-order valence-electron chi connectivity index (χ1n) is 8.67. The molecule has 1 aromatic heterocycles. The molecule has 1 unspecified atom stereocenters. The number of allylic oxidation sites excluding steroid dienone is 1. The Morgan fingerprint density at radius 3 is 2.73 bits per heavy atom. The van der Waals surface area contributed by atoms with Gasteiger partial charge in [-0.2, -0.15) is 5.10 Å². The summed E-state index contributed by atoms with van der Waals surface area (Å²) in [4.78, 5) is 15.7. The molecule has 1 aliphatic heterocycles. The number of nitrogens with zero attached hydrogens (tertiary/aromatic N) is 3. The minimum atomic E-state index is -0.313. The number of carbonyl (C=O) groups is 1. The van der Waals surface area contributed by atoms with Crippen molar-refractivity contribution in [2.45, 2.75) is 44.1 Å². The maximum Gasteiger partial charge on any atom is 0.243 e. The Morgan fingerprint density at radius 1 is 1.35 bits per heavy atom. The number of carbonyl (C=O) groups excluding carboxylic acids is 1. The summed E-state index contributed by atoms with van der Waals surface area (Å²) in [7, 11) is 1.86. The molecule has 9 heteroatoms. The molecule has 1 saturated carbocycles. The molecule has 1 aliphatic carbocycles. The van der Waals surface area contributed by atoms with Crippen molar-refractivity contribution in [3.63, 3.8) is 0 Å². The summed E-state index contributed by atoms with van der Waals surface area (Å²) in [6.07, 6.45) is 10.0. The minimum Gasteiger partial charge on any atom is -0.368 e. The molecule has 8 nitrogen and oxygen atoms in total. The summed E-state index contributed by atoms with van der Waals surface area (Å²) in [5, 5.41) is 17.6. The van der Waals surface area contributed by atoms with Gasteiger partial charge >= 0.3 is 0 Å². The van der Waals surface area contributed by atoms with Gasteiger partial charge in [0.05, 0.1) is 16.9 Å². The molecule has 1 aromatic rings. The largest absolute Gasteiger partial charge is 0.368 e. The van der Waals surface area contributed by atoms with Gasteiger partial charge in [0.25, 0.3) is 0 Å². The van der Waals surface area contributed by atoms with Crippen molar-refractivity contribution >= 4 is 29.4 Å². The monoisotopic (exact) mass is 377 g/mol. The normalized spacial score (nSPS) is 25.4. The molecule has 1 fully saturated rings. The van der Waals surface area contributed by atoms with Gasteiger partial charge in [0, 0.05) is 31.5 Å². The Hall–Kier alpha value is -2.48. The van der Waals surface area contributed by atoms with E-state index in [-0.39, 0.29) is 18.2 Å². The van der Waals surface area contributed by atoms with Gasteiger partial charge in [-0.3, -0.25) is 9.48 Å². The van der Waals surface area contributed by atoms with Crippen molar-refractivity contribution in [3.8, 4) is 0 Å². The van der Waals surface area contributed by atoms with E-state index in [1.54, 1.807) is 17.1 Å². The van der Waals surface area contributed by atoms with Crippen LogP contribution in [-0.4, -0.2) is 40.3 Å². The van der Waals surface area contributed by atoms with Crippen LogP contribution in [0.5, 0.6) is 0 Å². The lowest BCUT2D eigenvalue weighted by Crippen LogP contribution is -2.47. The van der Waals surface area contributed by atoms with Crippen LogP contribution in [0.3, 0.4) is 0 Å². The predicted molar refractivity (Wildman–Crippen MR) is 103 cm³/mol. The van der Waals surface area contributed by atoms with Gasteiger partial charge in [-0.15, -0.1) is 0 Å². The number of hydrogen-bond acceptors (Lipinski definition) is 6. The lowest BCUT2D eigenvalue weighted by atomic mass is 9.91. The topological polar surface area (TPSA) is 95.4 Å². The standard InChI is InChI=1S/C17H24ClN7O/c1-3-15(26)21-11-4-6-12(7-5-11)22-16-14(18)9-19-17(24-16)23-13-8-20-25(2)10-13/h3,8-12,17,22-24H,1,4-7H2,2H3,(H,21,26). The van der Waals surface area contributed by atoms with Crippen LogP contribution < -0.4 is 21.3 Å². The fraction of sp³-hybridized carbons (Fsp3) is 0.471. The first-order valence-corrected chi connectivity index (χ1v) is 9.05. The second-order valence-electron chi connectivity index (χ2n) is 6.50. The molecule has 2 heterocycles. The van der Waals surface area contributed by atoms with E-state index in [2.05, 4.69) is 37.9 Å². The number of amides is 1. The Morgan fingerprint density at radius 2 is 2.08 bits per heavy atom. The summed E-state index contributed by atoms with van der Waals surface area (Å²) in [6.45, 7) is 3.49. The quantitative estimate of drug-likeness (QED) is 0.562. The van der Waals surface area contributed by atoms with Crippen LogP contribution in [0.1, 0.15) is 25.7 Å². The van der Waals surface area contributed by atoms with Gasteiger partial charge in [0.15, 0.2) is 6.29 Å².